The number of rotatable bonds is 14. The van der Waals surface area contributed by atoms with E-state index in [1.807, 2.05) is 56.3 Å². The molecule has 0 spiro atoms. The SMILES string of the molecule is Cc1ccc(S(=O)(=O)OC[C@H](Cc2ccc(OCc3ccccc3)cc2)N(C[C@@H]2COC(C)(C)N2C(=O)OC(C)(C)C)S(=O)(=O)c2ccc(C)cc2)cc1. The van der Waals surface area contributed by atoms with Crippen LogP contribution >= 0.6 is 0 Å². The van der Waals surface area contributed by atoms with E-state index in [4.69, 9.17) is 18.4 Å². The van der Waals surface area contributed by atoms with Gasteiger partial charge in [-0.1, -0.05) is 77.9 Å². The van der Waals surface area contributed by atoms with Crippen molar-refractivity contribution in [1.29, 1.82) is 0 Å². The summed E-state index contributed by atoms with van der Waals surface area (Å²) in [6.07, 6.45) is -0.597. The van der Waals surface area contributed by atoms with Gasteiger partial charge in [-0.05, 0) is 102 Å². The van der Waals surface area contributed by atoms with Gasteiger partial charge in [0, 0.05) is 6.54 Å². The monoisotopic (exact) mass is 778 g/mol. The van der Waals surface area contributed by atoms with Crippen molar-refractivity contribution < 1.29 is 40.0 Å². The van der Waals surface area contributed by atoms with E-state index < -0.39 is 56.3 Å². The van der Waals surface area contributed by atoms with E-state index in [9.17, 15) is 21.6 Å². The molecule has 1 aliphatic rings. The maximum Gasteiger partial charge on any atom is 0.412 e. The Bertz CT molecular complexity index is 2080. The topological polar surface area (TPSA) is 129 Å². The zero-order valence-corrected chi connectivity index (χ0v) is 33.5. The van der Waals surface area contributed by atoms with E-state index in [0.29, 0.717) is 17.9 Å². The molecule has 1 amide bonds. The Morgan fingerprint density at radius 1 is 0.833 bits per heavy atom. The Balaban J connectivity index is 1.53. The lowest BCUT2D eigenvalue weighted by Gasteiger charge is -2.38. The van der Waals surface area contributed by atoms with E-state index in [-0.39, 0.29) is 29.4 Å². The van der Waals surface area contributed by atoms with Crippen LogP contribution in [0.1, 0.15) is 56.9 Å². The molecule has 0 bridgehead atoms. The van der Waals surface area contributed by atoms with Gasteiger partial charge in [0.25, 0.3) is 10.1 Å². The summed E-state index contributed by atoms with van der Waals surface area (Å²) in [6.45, 7) is 12.0. The molecule has 0 aromatic heterocycles. The van der Waals surface area contributed by atoms with Crippen LogP contribution in [0.4, 0.5) is 4.79 Å². The van der Waals surface area contributed by atoms with Crippen molar-refractivity contribution in [2.24, 2.45) is 0 Å². The summed E-state index contributed by atoms with van der Waals surface area (Å²) < 4.78 is 81.2. The summed E-state index contributed by atoms with van der Waals surface area (Å²) in [5.41, 5.74) is 1.49. The fraction of sp³-hybridized carbons (Fsp3) is 0.390. The van der Waals surface area contributed by atoms with Crippen LogP contribution < -0.4 is 4.74 Å². The molecule has 5 rings (SSSR count). The molecule has 0 saturated carbocycles. The summed E-state index contributed by atoms with van der Waals surface area (Å²) in [5.74, 6) is 0.611. The Hall–Kier alpha value is -4.27. The van der Waals surface area contributed by atoms with Crippen LogP contribution in [0.5, 0.6) is 5.75 Å². The average molecular weight is 779 g/mol. The molecule has 290 valence electrons. The number of carbonyl (C=O) groups is 1. The minimum atomic E-state index is -4.33. The zero-order chi connectivity index (χ0) is 39.3. The summed E-state index contributed by atoms with van der Waals surface area (Å²) >= 11 is 0. The van der Waals surface area contributed by atoms with Gasteiger partial charge in [0.05, 0.1) is 35.1 Å². The third-order valence-electron chi connectivity index (χ3n) is 8.96. The second-order valence-corrected chi connectivity index (χ2v) is 18.5. The molecule has 4 aromatic carbocycles. The Morgan fingerprint density at radius 2 is 1.41 bits per heavy atom. The van der Waals surface area contributed by atoms with E-state index in [1.54, 1.807) is 71.0 Å². The third-order valence-corrected chi connectivity index (χ3v) is 12.2. The Morgan fingerprint density at radius 3 is 1.98 bits per heavy atom. The summed E-state index contributed by atoms with van der Waals surface area (Å²) in [4.78, 5) is 15.0. The van der Waals surface area contributed by atoms with Crippen molar-refractivity contribution in [3.63, 3.8) is 0 Å². The van der Waals surface area contributed by atoms with Gasteiger partial charge in [0.15, 0.2) is 0 Å². The van der Waals surface area contributed by atoms with Gasteiger partial charge in [-0.25, -0.2) is 13.2 Å². The molecule has 1 aliphatic heterocycles. The van der Waals surface area contributed by atoms with Gasteiger partial charge in [-0.3, -0.25) is 9.08 Å². The normalized spacial score (nSPS) is 16.7. The lowest BCUT2D eigenvalue weighted by Crippen LogP contribution is -2.55. The number of aryl methyl sites for hydroxylation is 2. The van der Waals surface area contributed by atoms with Gasteiger partial charge < -0.3 is 14.2 Å². The zero-order valence-electron chi connectivity index (χ0n) is 31.9. The van der Waals surface area contributed by atoms with Crippen molar-refractivity contribution >= 4 is 26.2 Å². The minimum Gasteiger partial charge on any atom is -0.489 e. The van der Waals surface area contributed by atoms with Crippen LogP contribution in [-0.2, 0) is 46.8 Å². The number of sulfonamides is 1. The quantitative estimate of drug-likeness (QED) is 0.122. The number of hydrogen-bond donors (Lipinski definition) is 0. The van der Waals surface area contributed by atoms with Crippen molar-refractivity contribution in [1.82, 2.24) is 9.21 Å². The van der Waals surface area contributed by atoms with Crippen molar-refractivity contribution in [3.8, 4) is 5.75 Å². The standard InChI is InChI=1S/C41H50N2O9S2/c1-30-13-21-37(22-14-30)53(45,46)42(26-35-28-50-41(6,7)43(35)39(44)52-40(3,4)5)34(29-51-54(47,48)38-23-15-31(2)16-24-38)25-32-17-19-36(20-18-32)49-27-33-11-9-8-10-12-33/h8-24,34-35H,25-29H2,1-7H3/t34-,35+/m0/s1. The van der Waals surface area contributed by atoms with Crippen LogP contribution in [0.2, 0.25) is 0 Å². The Kier molecular flexibility index (Phi) is 12.6. The molecule has 1 saturated heterocycles. The first-order valence-electron chi connectivity index (χ1n) is 17.8. The molecule has 1 fully saturated rings. The summed E-state index contributed by atoms with van der Waals surface area (Å²) in [5, 5.41) is 0. The maximum absolute atomic E-state index is 14.8. The average Bonchev–Trinajstić information content (AvgIpc) is 3.42. The number of benzene rings is 4. The first-order chi connectivity index (χ1) is 25.3. The highest BCUT2D eigenvalue weighted by Gasteiger charge is 2.48. The van der Waals surface area contributed by atoms with Crippen LogP contribution in [0, 0.1) is 13.8 Å². The molecule has 11 nitrogen and oxygen atoms in total. The molecule has 0 N–H and O–H groups in total. The first-order valence-corrected chi connectivity index (χ1v) is 20.7. The maximum atomic E-state index is 14.8. The molecular weight excluding hydrogens is 729 g/mol. The third kappa shape index (κ3) is 10.5. The highest BCUT2D eigenvalue weighted by Crippen LogP contribution is 2.33. The summed E-state index contributed by atoms with van der Waals surface area (Å²) in [7, 11) is -8.63. The van der Waals surface area contributed by atoms with Gasteiger partial charge in [0.2, 0.25) is 10.0 Å². The van der Waals surface area contributed by atoms with Crippen LogP contribution in [0.15, 0.2) is 113 Å². The molecule has 0 radical (unpaired) electrons. The lowest BCUT2D eigenvalue weighted by atomic mass is 10.1. The van der Waals surface area contributed by atoms with E-state index >= 15 is 0 Å². The van der Waals surface area contributed by atoms with Crippen LogP contribution in [0.3, 0.4) is 0 Å². The number of carbonyl (C=O) groups excluding carboxylic acids is 1. The largest absolute Gasteiger partial charge is 0.489 e. The van der Waals surface area contributed by atoms with E-state index in [1.165, 1.54) is 33.5 Å². The van der Waals surface area contributed by atoms with Crippen molar-refractivity contribution in [3.05, 3.63) is 125 Å². The lowest BCUT2D eigenvalue weighted by molar-refractivity contribution is -0.0630. The smallest absolute Gasteiger partial charge is 0.412 e. The molecule has 0 aliphatic carbocycles. The molecule has 54 heavy (non-hydrogen) atoms. The predicted molar refractivity (Wildman–Crippen MR) is 206 cm³/mol. The van der Waals surface area contributed by atoms with E-state index in [0.717, 1.165) is 16.7 Å². The van der Waals surface area contributed by atoms with Crippen molar-refractivity contribution in [2.45, 2.75) is 94.7 Å². The van der Waals surface area contributed by atoms with E-state index in [2.05, 4.69) is 0 Å². The highest BCUT2D eigenvalue weighted by molar-refractivity contribution is 7.89. The Labute approximate surface area is 320 Å². The van der Waals surface area contributed by atoms with Gasteiger partial charge in [-0.2, -0.15) is 12.7 Å². The number of nitrogens with zero attached hydrogens (tertiary/aromatic N) is 2. The molecule has 2 atom stereocenters. The van der Waals surface area contributed by atoms with Gasteiger partial charge in [0.1, 0.15) is 23.7 Å². The molecular formula is C41H50N2O9S2. The second-order valence-electron chi connectivity index (χ2n) is 15.0. The predicted octanol–water partition coefficient (Wildman–Crippen LogP) is 7.26. The molecule has 4 aromatic rings. The number of hydrogen-bond acceptors (Lipinski definition) is 9. The molecule has 13 heteroatoms. The van der Waals surface area contributed by atoms with Gasteiger partial charge in [-0.15, -0.1) is 0 Å². The first kappa shape index (κ1) is 40.9. The fourth-order valence-electron chi connectivity index (χ4n) is 6.11. The second kappa shape index (κ2) is 16.6. The van der Waals surface area contributed by atoms with Crippen LogP contribution in [0.25, 0.3) is 0 Å². The number of ether oxygens (including phenoxy) is 3. The molecule has 1 heterocycles. The van der Waals surface area contributed by atoms with Crippen LogP contribution in [-0.4, -0.2) is 75.3 Å². The summed E-state index contributed by atoms with van der Waals surface area (Å²) in [6, 6.07) is 27.7. The minimum absolute atomic E-state index is 0.00569. The van der Waals surface area contributed by atoms with Crippen molar-refractivity contribution in [2.75, 3.05) is 19.8 Å². The fourth-order valence-corrected chi connectivity index (χ4v) is 8.70. The number of amides is 1. The van der Waals surface area contributed by atoms with Gasteiger partial charge >= 0.3 is 6.09 Å². The highest BCUT2D eigenvalue weighted by atomic mass is 32.2. The molecule has 0 unspecified atom stereocenters.